The minimum atomic E-state index is -0.684. The van der Waals surface area contributed by atoms with E-state index in [1.165, 1.54) is 17.5 Å². The molecular weight excluding hydrogens is 448 g/mol. The number of hydrogen-bond acceptors (Lipinski definition) is 6. The van der Waals surface area contributed by atoms with Gasteiger partial charge in [0.1, 0.15) is 28.4 Å². The van der Waals surface area contributed by atoms with Gasteiger partial charge in [0.15, 0.2) is 0 Å². The molecule has 2 aliphatic rings. The number of aromatic nitrogens is 3. The van der Waals surface area contributed by atoms with Gasteiger partial charge in [-0.15, -0.1) is 11.3 Å². The summed E-state index contributed by atoms with van der Waals surface area (Å²) >= 11 is 1.04. The molecule has 3 aromatic rings. The molecule has 1 aromatic carbocycles. The van der Waals surface area contributed by atoms with Crippen molar-refractivity contribution >= 4 is 22.9 Å². The summed E-state index contributed by atoms with van der Waals surface area (Å²) in [6.07, 6.45) is 5.45. The number of amides is 1. The molecule has 10 heteroatoms. The van der Waals surface area contributed by atoms with Gasteiger partial charge in [0, 0.05) is 25.1 Å². The number of anilines is 1. The quantitative estimate of drug-likeness (QED) is 0.568. The van der Waals surface area contributed by atoms with Crippen LogP contribution >= 0.6 is 11.3 Å². The van der Waals surface area contributed by atoms with Crippen LogP contribution in [0.15, 0.2) is 23.7 Å². The van der Waals surface area contributed by atoms with Crippen molar-refractivity contribution in [3.8, 4) is 10.6 Å². The van der Waals surface area contributed by atoms with Crippen LogP contribution in [-0.4, -0.2) is 33.3 Å². The van der Waals surface area contributed by atoms with E-state index in [-0.39, 0.29) is 34.3 Å². The summed E-state index contributed by atoms with van der Waals surface area (Å²) in [6, 6.07) is 2.86. The molecule has 7 nitrogen and oxygen atoms in total. The van der Waals surface area contributed by atoms with Crippen molar-refractivity contribution in [3.63, 3.8) is 0 Å². The Morgan fingerprint density at radius 1 is 1.24 bits per heavy atom. The van der Waals surface area contributed by atoms with E-state index in [1.54, 1.807) is 17.9 Å². The standard InChI is InChI=1S/C23H25F2N5O2S/c1-30-21(18-7-4-13(26)8-9-32-18)16(10-27-30)28-22(31)17-11-33-23(29-17)19-15(24)6-5-14(20(19)25)12-2-3-12/h5-6,10-13,18H,2-4,7-9,26H2,1H3,(H,28,31). The molecule has 1 saturated heterocycles. The predicted octanol–water partition coefficient (Wildman–Crippen LogP) is 4.52. The predicted molar refractivity (Wildman–Crippen MR) is 121 cm³/mol. The Labute approximate surface area is 194 Å². The average Bonchev–Trinajstić information content (AvgIpc) is 3.45. The van der Waals surface area contributed by atoms with Crippen molar-refractivity contribution in [3.05, 3.63) is 52.3 Å². The van der Waals surface area contributed by atoms with Crippen LogP contribution in [0.25, 0.3) is 10.6 Å². The lowest BCUT2D eigenvalue weighted by atomic mass is 10.1. The van der Waals surface area contributed by atoms with Crippen molar-refractivity contribution < 1.29 is 18.3 Å². The van der Waals surface area contributed by atoms with E-state index in [2.05, 4.69) is 15.4 Å². The number of nitrogens with two attached hydrogens (primary N) is 1. The molecule has 5 rings (SSSR count). The fourth-order valence-electron chi connectivity index (χ4n) is 4.25. The number of hydrogen-bond donors (Lipinski definition) is 2. The summed E-state index contributed by atoms with van der Waals surface area (Å²) in [5, 5.41) is 8.75. The highest BCUT2D eigenvalue weighted by molar-refractivity contribution is 7.13. The third-order valence-corrected chi connectivity index (χ3v) is 7.09. The molecule has 174 valence electrons. The van der Waals surface area contributed by atoms with Crippen molar-refractivity contribution in [2.24, 2.45) is 12.8 Å². The third-order valence-electron chi connectivity index (χ3n) is 6.23. The van der Waals surface area contributed by atoms with E-state index in [0.29, 0.717) is 17.9 Å². The van der Waals surface area contributed by atoms with Gasteiger partial charge in [0.2, 0.25) is 0 Å². The van der Waals surface area contributed by atoms with Gasteiger partial charge in [-0.05, 0) is 49.7 Å². The number of nitrogens with one attached hydrogen (secondary N) is 1. The Morgan fingerprint density at radius 3 is 2.85 bits per heavy atom. The summed E-state index contributed by atoms with van der Waals surface area (Å²) in [4.78, 5) is 17.2. The largest absolute Gasteiger partial charge is 0.372 e. The fourth-order valence-corrected chi connectivity index (χ4v) is 5.09. The summed E-state index contributed by atoms with van der Waals surface area (Å²) in [5.41, 5.74) is 7.75. The summed E-state index contributed by atoms with van der Waals surface area (Å²) < 4.78 is 37.1. The number of thiazole rings is 1. The fraction of sp³-hybridized carbons (Fsp3) is 0.435. The van der Waals surface area contributed by atoms with E-state index in [9.17, 15) is 13.6 Å². The maximum absolute atomic E-state index is 15.0. The molecule has 3 heterocycles. The normalized spacial score (nSPS) is 21.1. The zero-order valence-corrected chi connectivity index (χ0v) is 19.0. The number of carbonyl (C=O) groups excluding carboxylic acids is 1. The summed E-state index contributed by atoms with van der Waals surface area (Å²) in [5.74, 6) is -1.61. The van der Waals surface area contributed by atoms with Crippen LogP contribution < -0.4 is 11.1 Å². The Morgan fingerprint density at radius 2 is 2.06 bits per heavy atom. The number of aryl methyl sites for hydroxylation is 1. The van der Waals surface area contributed by atoms with Crippen LogP contribution in [0.3, 0.4) is 0 Å². The van der Waals surface area contributed by atoms with Crippen LogP contribution in [0.4, 0.5) is 14.5 Å². The number of halogens is 2. The highest BCUT2D eigenvalue weighted by Gasteiger charge is 2.30. The number of benzene rings is 1. The van der Waals surface area contributed by atoms with E-state index in [0.717, 1.165) is 49.1 Å². The molecule has 0 bridgehead atoms. The first-order chi connectivity index (χ1) is 15.9. The zero-order chi connectivity index (χ0) is 23.1. The Kier molecular flexibility index (Phi) is 5.98. The van der Waals surface area contributed by atoms with Crippen molar-refractivity contribution in [1.29, 1.82) is 0 Å². The lowest BCUT2D eigenvalue weighted by molar-refractivity contribution is 0.0529. The van der Waals surface area contributed by atoms with Crippen molar-refractivity contribution in [2.45, 2.75) is 50.2 Å². The van der Waals surface area contributed by atoms with E-state index < -0.39 is 17.5 Å². The number of ether oxygens (including phenoxy) is 1. The maximum Gasteiger partial charge on any atom is 0.275 e. The molecule has 2 fully saturated rings. The second-order valence-corrected chi connectivity index (χ2v) is 9.50. The van der Waals surface area contributed by atoms with E-state index >= 15 is 0 Å². The van der Waals surface area contributed by atoms with Gasteiger partial charge < -0.3 is 15.8 Å². The highest BCUT2D eigenvalue weighted by Crippen LogP contribution is 2.44. The molecule has 1 saturated carbocycles. The lowest BCUT2D eigenvalue weighted by Gasteiger charge is -2.17. The molecule has 1 amide bonds. The molecule has 2 atom stereocenters. The molecule has 1 aliphatic heterocycles. The zero-order valence-electron chi connectivity index (χ0n) is 18.2. The van der Waals surface area contributed by atoms with Gasteiger partial charge in [-0.3, -0.25) is 9.48 Å². The summed E-state index contributed by atoms with van der Waals surface area (Å²) in [6.45, 7) is 0.539. The Bertz CT molecular complexity index is 1190. The highest BCUT2D eigenvalue weighted by atomic mass is 32.1. The second-order valence-electron chi connectivity index (χ2n) is 8.64. The van der Waals surface area contributed by atoms with Gasteiger partial charge in [0.25, 0.3) is 5.91 Å². The van der Waals surface area contributed by atoms with Crippen LogP contribution in [0, 0.1) is 11.6 Å². The first-order valence-electron chi connectivity index (χ1n) is 11.1. The van der Waals surface area contributed by atoms with Crippen LogP contribution in [0.1, 0.15) is 65.9 Å². The average molecular weight is 474 g/mol. The molecular formula is C23H25F2N5O2S. The van der Waals surface area contributed by atoms with E-state index in [1.807, 2.05) is 0 Å². The van der Waals surface area contributed by atoms with E-state index in [4.69, 9.17) is 10.5 Å². The minimum Gasteiger partial charge on any atom is -0.372 e. The van der Waals surface area contributed by atoms with Gasteiger partial charge in [-0.1, -0.05) is 6.07 Å². The molecule has 0 radical (unpaired) electrons. The van der Waals surface area contributed by atoms with Crippen molar-refractivity contribution in [1.82, 2.24) is 14.8 Å². The van der Waals surface area contributed by atoms with Crippen LogP contribution in [0.5, 0.6) is 0 Å². The SMILES string of the molecule is Cn1ncc(NC(=O)c2csc(-c3c(F)ccc(C4CC4)c3F)n2)c1C1CCC(N)CCO1. The van der Waals surface area contributed by atoms with Crippen molar-refractivity contribution in [2.75, 3.05) is 11.9 Å². The summed E-state index contributed by atoms with van der Waals surface area (Å²) in [7, 11) is 1.79. The molecule has 2 unspecified atom stereocenters. The first kappa shape index (κ1) is 22.1. The Hall–Kier alpha value is -2.69. The van der Waals surface area contributed by atoms with Gasteiger partial charge in [-0.2, -0.15) is 5.10 Å². The third kappa shape index (κ3) is 4.42. The number of carbonyl (C=O) groups is 1. The molecule has 0 spiro atoms. The topological polar surface area (TPSA) is 95.1 Å². The number of rotatable bonds is 5. The minimum absolute atomic E-state index is 0.0873. The first-order valence-corrected chi connectivity index (χ1v) is 11.9. The molecule has 1 aliphatic carbocycles. The van der Waals surface area contributed by atoms with Crippen LogP contribution in [0.2, 0.25) is 0 Å². The van der Waals surface area contributed by atoms with Gasteiger partial charge in [0.05, 0.1) is 23.1 Å². The second kappa shape index (κ2) is 8.92. The van der Waals surface area contributed by atoms with Crippen LogP contribution in [-0.2, 0) is 11.8 Å². The van der Waals surface area contributed by atoms with Gasteiger partial charge in [-0.25, -0.2) is 13.8 Å². The monoisotopic (exact) mass is 473 g/mol. The maximum atomic E-state index is 15.0. The Balaban J connectivity index is 1.37. The lowest BCUT2D eigenvalue weighted by Crippen LogP contribution is -2.19. The molecule has 33 heavy (non-hydrogen) atoms. The molecule has 2 aromatic heterocycles. The smallest absolute Gasteiger partial charge is 0.275 e. The van der Waals surface area contributed by atoms with Gasteiger partial charge >= 0.3 is 0 Å². The number of nitrogens with zero attached hydrogens (tertiary/aromatic N) is 3. The molecule has 3 N–H and O–H groups in total.